The van der Waals surface area contributed by atoms with Crippen molar-refractivity contribution in [1.82, 2.24) is 36.2 Å². The van der Waals surface area contributed by atoms with Crippen LogP contribution < -0.4 is 54.8 Å². The van der Waals surface area contributed by atoms with Gasteiger partial charge in [-0.15, -0.1) is 0 Å². The highest BCUT2D eigenvalue weighted by molar-refractivity contribution is 6.10. The Hall–Kier alpha value is -7.06. The summed E-state index contributed by atoms with van der Waals surface area (Å²) < 4.78 is 0. The molecule has 0 aliphatic carbocycles. The van der Waals surface area contributed by atoms with Gasteiger partial charge in [0.05, 0.1) is 12.1 Å². The van der Waals surface area contributed by atoms with Crippen molar-refractivity contribution in [1.29, 1.82) is 0 Å². The lowest BCUT2D eigenvalue weighted by molar-refractivity contribution is -0.123. The van der Waals surface area contributed by atoms with Crippen molar-refractivity contribution in [2.75, 3.05) is 49.9 Å². The van der Waals surface area contributed by atoms with Crippen LogP contribution in [-0.4, -0.2) is 102 Å². The first kappa shape index (κ1) is 41.6. The number of hydrogen-bond acceptors (Lipinski definition) is 10. The van der Waals surface area contributed by atoms with Gasteiger partial charge >= 0.3 is 0 Å². The summed E-state index contributed by atoms with van der Waals surface area (Å²) in [6.45, 7) is 1.41. The molecule has 2 unspecified atom stereocenters. The van der Waals surface area contributed by atoms with Crippen LogP contribution in [0.15, 0.2) is 72.8 Å². The van der Waals surface area contributed by atoms with Gasteiger partial charge in [0.25, 0.3) is 23.6 Å². The van der Waals surface area contributed by atoms with Crippen LogP contribution in [0, 0.1) is 0 Å². The Morgan fingerprint density at radius 3 is 1.42 bits per heavy atom. The number of carbonyl (C=O) groups is 6. The number of aromatic nitrogens is 3. The molecule has 6 aromatic rings. The van der Waals surface area contributed by atoms with Crippen LogP contribution in [0.3, 0.4) is 0 Å². The van der Waals surface area contributed by atoms with E-state index in [-0.39, 0.29) is 61.4 Å². The average Bonchev–Trinajstić information content (AvgIpc) is 3.97. The molecule has 0 fully saturated rings. The molecule has 19 heteroatoms. The maximum Gasteiger partial charge on any atom is 0.272 e. The van der Waals surface area contributed by atoms with Crippen LogP contribution >= 0.6 is 0 Å². The molecule has 3 aromatic heterocycles. The Labute approximate surface area is 337 Å². The monoisotopic (exact) mass is 805 g/mol. The molecule has 6 rings (SSSR count). The molecule has 2 atom stereocenters. The van der Waals surface area contributed by atoms with E-state index in [2.05, 4.69) is 46.9 Å². The Bertz CT molecular complexity index is 2390. The molecule has 3 heterocycles. The molecule has 3 aromatic carbocycles. The van der Waals surface area contributed by atoms with Crippen LogP contribution in [-0.2, 0) is 9.59 Å². The summed E-state index contributed by atoms with van der Waals surface area (Å²) in [5.74, 6) is -2.18. The van der Waals surface area contributed by atoms with E-state index < -0.39 is 18.0 Å². The van der Waals surface area contributed by atoms with Crippen molar-refractivity contribution in [2.45, 2.75) is 24.9 Å². The van der Waals surface area contributed by atoms with Crippen LogP contribution in [0.4, 0.5) is 11.4 Å². The quantitative estimate of drug-likeness (QED) is 0.0539. The Morgan fingerprint density at radius 2 is 0.915 bits per heavy atom. The molecule has 0 radical (unpaired) electrons. The number of hydrogen-bond donors (Lipinski definition) is 13. The fourth-order valence-corrected chi connectivity index (χ4v) is 6.25. The third kappa shape index (κ3) is 10.5. The largest absolute Gasteiger partial charge is 0.353 e. The fourth-order valence-electron chi connectivity index (χ4n) is 6.25. The smallest absolute Gasteiger partial charge is 0.272 e. The molecule has 0 saturated heterocycles. The van der Waals surface area contributed by atoms with Crippen molar-refractivity contribution in [3.63, 3.8) is 0 Å². The number of H-pyrrole nitrogens is 3. The minimum atomic E-state index is -0.698. The van der Waals surface area contributed by atoms with Gasteiger partial charge in [0.1, 0.15) is 17.1 Å². The topological polar surface area (TPSA) is 326 Å². The lowest BCUT2D eigenvalue weighted by atomic mass is 10.1. The second-order valence-corrected chi connectivity index (χ2v) is 13.8. The summed E-state index contributed by atoms with van der Waals surface area (Å²) in [4.78, 5) is 85.0. The molecule has 6 amide bonds. The first-order valence-corrected chi connectivity index (χ1v) is 19.0. The number of benzene rings is 3. The number of nitrogens with two attached hydrogens (primary N) is 4. The number of rotatable bonds is 18. The second-order valence-electron chi connectivity index (χ2n) is 13.8. The number of aromatic amines is 3. The highest BCUT2D eigenvalue weighted by Gasteiger charge is 2.17. The molecule has 17 N–H and O–H groups in total. The van der Waals surface area contributed by atoms with Crippen molar-refractivity contribution in [3.8, 4) is 0 Å². The number of carbonyl (C=O) groups excluding carboxylic acids is 6. The maximum atomic E-state index is 13.3. The predicted molar refractivity (Wildman–Crippen MR) is 225 cm³/mol. The standard InChI is InChI=1S/C40H47N13O6/c41-9-7-27(43)36(55)45-11-13-47-38(57)32-16-21-1-4-25(19-30(21)52-32)49-35(54)23-3-6-29-24(15-23)18-34(51-29)40(59)50-26-5-2-22-17-33(53-31(22)20-26)39(58)48-14-12-46-37(56)28(44)8-10-42/h1-6,15-20,27-28,51-53H,7-14,41-44H2,(H,45,55)(H,46,56)(H,47,57)(H,48,58)(H,49,54)(H,50,59). The summed E-state index contributed by atoms with van der Waals surface area (Å²) in [7, 11) is 0. The van der Waals surface area contributed by atoms with Gasteiger partial charge in [-0.3, -0.25) is 28.8 Å². The van der Waals surface area contributed by atoms with Crippen LogP contribution in [0.25, 0.3) is 32.7 Å². The normalized spacial score (nSPS) is 12.2. The minimum absolute atomic E-state index is 0.196. The molecule has 0 aliphatic heterocycles. The van der Waals surface area contributed by atoms with Crippen molar-refractivity contribution in [2.24, 2.45) is 22.9 Å². The van der Waals surface area contributed by atoms with E-state index in [1.807, 2.05) is 0 Å². The summed E-state index contributed by atoms with van der Waals surface area (Å²) >= 11 is 0. The van der Waals surface area contributed by atoms with Gasteiger partial charge < -0.3 is 69.8 Å². The third-order valence-electron chi connectivity index (χ3n) is 9.43. The molecule has 0 aliphatic rings. The van der Waals surface area contributed by atoms with Crippen molar-refractivity contribution in [3.05, 3.63) is 95.4 Å². The maximum absolute atomic E-state index is 13.3. The van der Waals surface area contributed by atoms with Gasteiger partial charge in [0.15, 0.2) is 0 Å². The zero-order valence-electron chi connectivity index (χ0n) is 32.0. The van der Waals surface area contributed by atoms with Crippen LogP contribution in [0.2, 0.25) is 0 Å². The first-order valence-electron chi connectivity index (χ1n) is 19.0. The second kappa shape index (κ2) is 18.9. The lowest BCUT2D eigenvalue weighted by Crippen LogP contribution is -2.44. The van der Waals surface area contributed by atoms with E-state index in [0.717, 1.165) is 10.8 Å². The lowest BCUT2D eigenvalue weighted by Gasteiger charge is -2.11. The first-order chi connectivity index (χ1) is 28.4. The van der Waals surface area contributed by atoms with Gasteiger partial charge in [0.2, 0.25) is 11.8 Å². The molecule has 19 nitrogen and oxygen atoms in total. The van der Waals surface area contributed by atoms with Crippen LogP contribution in [0.1, 0.15) is 54.7 Å². The van der Waals surface area contributed by atoms with Gasteiger partial charge in [-0.25, -0.2) is 0 Å². The van der Waals surface area contributed by atoms with E-state index in [4.69, 9.17) is 22.9 Å². The fraction of sp³-hybridized carbons (Fsp3) is 0.250. The van der Waals surface area contributed by atoms with Crippen molar-refractivity contribution >= 4 is 79.5 Å². The molecule has 0 bridgehead atoms. The molecule has 308 valence electrons. The number of anilines is 2. The summed E-state index contributed by atoms with van der Waals surface area (Å²) in [5, 5.41) is 18.7. The zero-order valence-corrected chi connectivity index (χ0v) is 32.0. The molecule has 0 spiro atoms. The molecular weight excluding hydrogens is 759 g/mol. The van der Waals surface area contributed by atoms with Crippen LogP contribution in [0.5, 0.6) is 0 Å². The molecular formula is C40H47N13O6. The summed E-state index contributed by atoms with van der Waals surface area (Å²) in [6.07, 6.45) is 0.728. The third-order valence-corrected chi connectivity index (χ3v) is 9.43. The van der Waals surface area contributed by atoms with Gasteiger partial charge in [-0.2, -0.15) is 0 Å². The van der Waals surface area contributed by atoms with Gasteiger partial charge in [0, 0.05) is 75.8 Å². The van der Waals surface area contributed by atoms with E-state index in [1.165, 1.54) is 0 Å². The highest BCUT2D eigenvalue weighted by Crippen LogP contribution is 2.24. The number of amides is 6. The number of fused-ring (bicyclic) bond motifs is 3. The number of nitrogens with one attached hydrogen (secondary N) is 9. The van der Waals surface area contributed by atoms with E-state index in [1.54, 1.807) is 72.8 Å². The predicted octanol–water partition coefficient (Wildman–Crippen LogP) is 0.679. The van der Waals surface area contributed by atoms with Crippen molar-refractivity contribution < 1.29 is 28.8 Å². The van der Waals surface area contributed by atoms with Gasteiger partial charge in [-0.05, 0) is 86.6 Å². The average molecular weight is 806 g/mol. The van der Waals surface area contributed by atoms with E-state index in [0.29, 0.717) is 76.2 Å². The summed E-state index contributed by atoms with van der Waals surface area (Å²) in [6, 6.07) is 19.1. The van der Waals surface area contributed by atoms with E-state index >= 15 is 0 Å². The van der Waals surface area contributed by atoms with E-state index in [9.17, 15) is 28.8 Å². The Balaban J connectivity index is 1.01. The summed E-state index contributed by atoms with van der Waals surface area (Å²) in [5.41, 5.74) is 26.5. The highest BCUT2D eigenvalue weighted by atomic mass is 16.2. The molecule has 59 heavy (non-hydrogen) atoms. The zero-order chi connectivity index (χ0) is 42.1. The minimum Gasteiger partial charge on any atom is -0.353 e. The Morgan fingerprint density at radius 1 is 0.475 bits per heavy atom. The Kier molecular flexibility index (Phi) is 13.3. The molecule has 0 saturated carbocycles. The SMILES string of the molecule is NCCC(N)C(=O)NCCNC(=O)c1cc2ccc(NC(=O)c3ccc4[nH]c(C(=O)Nc5ccc6cc(C(=O)NCCNC(=O)C(N)CCN)[nH]c6c5)cc4c3)cc2[nH]1. The van der Waals surface area contributed by atoms with Gasteiger partial charge in [-0.1, -0.05) is 12.1 Å².